The molecule has 1 aromatic rings. The van der Waals surface area contributed by atoms with E-state index in [9.17, 15) is 9.59 Å². The summed E-state index contributed by atoms with van der Waals surface area (Å²) in [5.74, 6) is -0.928. The van der Waals surface area contributed by atoms with Gasteiger partial charge in [-0.25, -0.2) is 4.79 Å². The molecule has 0 bridgehead atoms. The minimum Gasteiger partial charge on any atom is -0.464 e. The van der Waals surface area contributed by atoms with Crippen LogP contribution in [0.15, 0.2) is 18.2 Å². The zero-order valence-electron chi connectivity index (χ0n) is 10.2. The van der Waals surface area contributed by atoms with Gasteiger partial charge < -0.3 is 15.8 Å². The lowest BCUT2D eigenvalue weighted by atomic mass is 10.1. The quantitative estimate of drug-likeness (QED) is 0.643. The molecule has 98 valence electrons. The van der Waals surface area contributed by atoms with Crippen molar-refractivity contribution in [2.45, 2.75) is 19.9 Å². The van der Waals surface area contributed by atoms with E-state index in [1.54, 1.807) is 19.9 Å². The first-order chi connectivity index (χ1) is 8.45. The number of rotatable bonds is 4. The Kier molecular flexibility index (Phi) is 4.97. The molecule has 3 N–H and O–H groups in total. The summed E-state index contributed by atoms with van der Waals surface area (Å²) in [4.78, 5) is 23.2. The first kappa shape index (κ1) is 14.3. The van der Waals surface area contributed by atoms with E-state index in [0.717, 1.165) is 0 Å². The van der Waals surface area contributed by atoms with Gasteiger partial charge in [0.25, 0.3) is 5.91 Å². The van der Waals surface area contributed by atoms with E-state index in [0.29, 0.717) is 5.02 Å². The summed E-state index contributed by atoms with van der Waals surface area (Å²) in [5.41, 5.74) is 6.21. The highest BCUT2D eigenvalue weighted by molar-refractivity contribution is 6.31. The molecule has 0 saturated heterocycles. The van der Waals surface area contributed by atoms with Gasteiger partial charge in [0.1, 0.15) is 6.04 Å². The zero-order valence-corrected chi connectivity index (χ0v) is 11.0. The molecule has 18 heavy (non-hydrogen) atoms. The highest BCUT2D eigenvalue weighted by Gasteiger charge is 2.18. The van der Waals surface area contributed by atoms with Crippen molar-refractivity contribution in [1.82, 2.24) is 5.32 Å². The zero-order chi connectivity index (χ0) is 13.7. The second-order valence-electron chi connectivity index (χ2n) is 3.68. The van der Waals surface area contributed by atoms with E-state index >= 15 is 0 Å². The fourth-order valence-corrected chi connectivity index (χ4v) is 1.52. The van der Waals surface area contributed by atoms with Gasteiger partial charge in [-0.2, -0.15) is 0 Å². The molecule has 0 aliphatic heterocycles. The first-order valence-electron chi connectivity index (χ1n) is 5.48. The molecule has 0 fully saturated rings. The molecule has 1 unspecified atom stereocenters. The smallest absolute Gasteiger partial charge is 0.328 e. The lowest BCUT2D eigenvalue weighted by Crippen LogP contribution is -2.39. The van der Waals surface area contributed by atoms with Crippen molar-refractivity contribution in [1.29, 1.82) is 0 Å². The van der Waals surface area contributed by atoms with Crippen LogP contribution in [0.4, 0.5) is 5.69 Å². The summed E-state index contributed by atoms with van der Waals surface area (Å²) in [6, 6.07) is 3.81. The van der Waals surface area contributed by atoms with Crippen molar-refractivity contribution in [3.05, 3.63) is 28.8 Å². The van der Waals surface area contributed by atoms with E-state index < -0.39 is 17.9 Å². The molecular formula is C12H15ClN2O3. The standard InChI is InChI=1S/C12H15ClN2O3/c1-3-18-12(17)7(2)15-11(16)9-5-4-8(13)6-10(9)14/h4-7H,3,14H2,1-2H3,(H,15,16). The predicted molar refractivity (Wildman–Crippen MR) is 69.4 cm³/mol. The Hall–Kier alpha value is -1.75. The fraction of sp³-hybridized carbons (Fsp3) is 0.333. The van der Waals surface area contributed by atoms with E-state index in [2.05, 4.69) is 5.32 Å². The maximum absolute atomic E-state index is 11.9. The topological polar surface area (TPSA) is 81.4 Å². The number of hydrogen-bond acceptors (Lipinski definition) is 4. The van der Waals surface area contributed by atoms with Gasteiger partial charge in [0.15, 0.2) is 0 Å². The molecule has 1 rings (SSSR count). The molecule has 6 heteroatoms. The molecule has 0 radical (unpaired) electrons. The summed E-state index contributed by atoms with van der Waals surface area (Å²) < 4.78 is 4.78. The van der Waals surface area contributed by atoms with Crippen molar-refractivity contribution < 1.29 is 14.3 Å². The second kappa shape index (κ2) is 6.26. The fourth-order valence-electron chi connectivity index (χ4n) is 1.34. The SMILES string of the molecule is CCOC(=O)C(C)NC(=O)c1ccc(Cl)cc1N. The van der Waals surface area contributed by atoms with Gasteiger partial charge in [-0.05, 0) is 32.0 Å². The maximum atomic E-state index is 11.9. The van der Waals surface area contributed by atoms with E-state index in [1.165, 1.54) is 12.1 Å². The molecule has 0 aromatic heterocycles. The van der Waals surface area contributed by atoms with Crippen molar-refractivity contribution in [2.24, 2.45) is 0 Å². The number of anilines is 1. The van der Waals surface area contributed by atoms with Gasteiger partial charge in [-0.15, -0.1) is 0 Å². The Bertz CT molecular complexity index is 463. The molecule has 0 saturated carbocycles. The first-order valence-corrected chi connectivity index (χ1v) is 5.86. The van der Waals surface area contributed by atoms with Gasteiger partial charge >= 0.3 is 5.97 Å². The van der Waals surface area contributed by atoms with E-state index in [4.69, 9.17) is 22.1 Å². The number of carbonyl (C=O) groups excluding carboxylic acids is 2. The molecule has 0 spiro atoms. The van der Waals surface area contributed by atoms with Crippen LogP contribution in [0.2, 0.25) is 5.02 Å². The van der Waals surface area contributed by atoms with Crippen LogP contribution in [0.5, 0.6) is 0 Å². The third-order valence-corrected chi connectivity index (χ3v) is 2.48. The minimum absolute atomic E-state index is 0.260. The molecule has 0 heterocycles. The highest BCUT2D eigenvalue weighted by Crippen LogP contribution is 2.17. The van der Waals surface area contributed by atoms with Gasteiger partial charge in [0, 0.05) is 10.7 Å². The average molecular weight is 271 g/mol. The van der Waals surface area contributed by atoms with Crippen molar-refractivity contribution in [3.8, 4) is 0 Å². The molecule has 5 nitrogen and oxygen atoms in total. The van der Waals surface area contributed by atoms with Crippen LogP contribution in [-0.2, 0) is 9.53 Å². The predicted octanol–water partition coefficient (Wildman–Crippen LogP) is 1.60. The number of nitrogens with one attached hydrogen (secondary N) is 1. The summed E-state index contributed by atoms with van der Waals surface area (Å²) in [6.45, 7) is 3.51. The Morgan fingerprint density at radius 3 is 2.72 bits per heavy atom. The van der Waals surface area contributed by atoms with Crippen LogP contribution in [0, 0.1) is 0 Å². The Morgan fingerprint density at radius 2 is 2.17 bits per heavy atom. The summed E-state index contributed by atoms with van der Waals surface area (Å²) in [6.07, 6.45) is 0. The average Bonchev–Trinajstić information content (AvgIpc) is 2.28. The number of nitrogens with two attached hydrogens (primary N) is 1. The number of halogens is 1. The number of benzene rings is 1. The number of nitrogen functional groups attached to an aromatic ring is 1. The van der Waals surface area contributed by atoms with Crippen LogP contribution in [-0.4, -0.2) is 24.5 Å². The van der Waals surface area contributed by atoms with Gasteiger partial charge in [0.2, 0.25) is 0 Å². The van der Waals surface area contributed by atoms with E-state index in [-0.39, 0.29) is 17.9 Å². The van der Waals surface area contributed by atoms with Crippen molar-refractivity contribution >= 4 is 29.2 Å². The molecule has 1 atom stereocenters. The summed E-state index contributed by atoms with van der Waals surface area (Å²) >= 11 is 5.73. The van der Waals surface area contributed by atoms with Crippen LogP contribution < -0.4 is 11.1 Å². The Labute approximate surface area is 110 Å². The van der Waals surface area contributed by atoms with Gasteiger partial charge in [-0.1, -0.05) is 11.6 Å². The molecule has 0 aliphatic carbocycles. The number of ether oxygens (including phenoxy) is 1. The Balaban J connectivity index is 2.73. The Morgan fingerprint density at radius 1 is 1.50 bits per heavy atom. The van der Waals surface area contributed by atoms with Gasteiger partial charge in [-0.3, -0.25) is 4.79 Å². The van der Waals surface area contributed by atoms with Crippen LogP contribution in [0.1, 0.15) is 24.2 Å². The summed E-state index contributed by atoms with van der Waals surface area (Å²) in [7, 11) is 0. The number of carbonyl (C=O) groups is 2. The normalized spacial score (nSPS) is 11.7. The van der Waals surface area contributed by atoms with Crippen LogP contribution in [0.3, 0.4) is 0 Å². The number of hydrogen-bond donors (Lipinski definition) is 2. The van der Waals surface area contributed by atoms with Crippen molar-refractivity contribution in [3.63, 3.8) is 0 Å². The molecule has 1 aromatic carbocycles. The minimum atomic E-state index is -0.729. The summed E-state index contributed by atoms with van der Waals surface area (Å²) in [5, 5.41) is 2.95. The molecule has 1 amide bonds. The van der Waals surface area contributed by atoms with Crippen LogP contribution in [0.25, 0.3) is 0 Å². The lowest BCUT2D eigenvalue weighted by molar-refractivity contribution is -0.144. The lowest BCUT2D eigenvalue weighted by Gasteiger charge is -2.13. The van der Waals surface area contributed by atoms with Crippen LogP contribution >= 0.6 is 11.6 Å². The largest absolute Gasteiger partial charge is 0.464 e. The molecule has 0 aliphatic rings. The molecular weight excluding hydrogens is 256 g/mol. The van der Waals surface area contributed by atoms with E-state index in [1.807, 2.05) is 0 Å². The monoisotopic (exact) mass is 270 g/mol. The van der Waals surface area contributed by atoms with Crippen molar-refractivity contribution in [2.75, 3.05) is 12.3 Å². The van der Waals surface area contributed by atoms with Gasteiger partial charge in [0.05, 0.1) is 12.2 Å². The number of amides is 1. The third kappa shape index (κ3) is 3.63. The highest BCUT2D eigenvalue weighted by atomic mass is 35.5. The maximum Gasteiger partial charge on any atom is 0.328 e. The second-order valence-corrected chi connectivity index (χ2v) is 4.12. The number of esters is 1. The third-order valence-electron chi connectivity index (χ3n) is 2.25.